The zero-order chi connectivity index (χ0) is 42.8. The van der Waals surface area contributed by atoms with Crippen LogP contribution in [0.5, 0.6) is 5.75 Å². The van der Waals surface area contributed by atoms with E-state index in [2.05, 4.69) is 9.97 Å². The molecular weight excluding hydrogens is 793 g/mol. The lowest BCUT2D eigenvalue weighted by Gasteiger charge is -2.46. The summed E-state index contributed by atoms with van der Waals surface area (Å²) < 4.78 is 23.6. The third kappa shape index (κ3) is 6.82. The number of aromatic nitrogens is 2. The van der Waals surface area contributed by atoms with Crippen LogP contribution in [-0.2, 0) is 34.0 Å². The monoisotopic (exact) mass is 838 g/mol. The first kappa shape index (κ1) is 40.7. The molecule has 0 unspecified atom stereocenters. The topological polar surface area (TPSA) is 164 Å². The molecule has 5 heterocycles. The first-order chi connectivity index (χ1) is 30.4. The molecule has 1 N–H and O–H groups in total. The summed E-state index contributed by atoms with van der Waals surface area (Å²) in [4.78, 5) is 77.2. The molecule has 6 atom stereocenters. The molecule has 1 spiro atoms. The molecule has 62 heavy (non-hydrogen) atoms. The third-order valence-electron chi connectivity index (χ3n) is 12.3. The zero-order valence-electron chi connectivity index (χ0n) is 34.1. The summed E-state index contributed by atoms with van der Waals surface area (Å²) in [7, 11) is 1.47. The number of nitrogens with zero attached hydrogens (tertiary/aromatic N) is 6. The molecule has 3 amide bonds. The minimum absolute atomic E-state index is 0.0722. The predicted octanol–water partition coefficient (Wildman–Crippen LogP) is 4.65. The lowest BCUT2D eigenvalue weighted by atomic mass is 9.65. The van der Waals surface area contributed by atoms with E-state index in [4.69, 9.17) is 18.9 Å². The number of morpholine rings is 1. The van der Waals surface area contributed by atoms with E-state index in [1.807, 2.05) is 76.5 Å². The van der Waals surface area contributed by atoms with E-state index in [0.29, 0.717) is 41.5 Å². The van der Waals surface area contributed by atoms with Gasteiger partial charge in [-0.1, -0.05) is 97.1 Å². The number of fused-ring (bicyclic) bond motifs is 3. The molecule has 1 aromatic heterocycles. The lowest BCUT2D eigenvalue weighted by Crippen LogP contribution is -2.59. The van der Waals surface area contributed by atoms with Crippen LogP contribution in [0.25, 0.3) is 0 Å². The average Bonchev–Trinajstić information content (AvgIpc) is 3.78. The number of benzene rings is 4. The van der Waals surface area contributed by atoms with Crippen LogP contribution < -0.4 is 14.5 Å². The number of aliphatic hydroxyl groups is 1. The van der Waals surface area contributed by atoms with Crippen molar-refractivity contribution in [3.63, 3.8) is 0 Å². The van der Waals surface area contributed by atoms with Gasteiger partial charge in [0.05, 0.1) is 36.9 Å². The van der Waals surface area contributed by atoms with Gasteiger partial charge in [0.25, 0.3) is 0 Å². The number of methoxy groups -OCH3 is 1. The number of hydrogen-bond donors (Lipinski definition) is 1. The Morgan fingerprint density at radius 3 is 2.15 bits per heavy atom. The molecule has 4 aromatic carbocycles. The van der Waals surface area contributed by atoms with Gasteiger partial charge in [-0.15, -0.1) is 0 Å². The summed E-state index contributed by atoms with van der Waals surface area (Å²) >= 11 is 0. The highest BCUT2D eigenvalue weighted by atomic mass is 16.6. The average molecular weight is 839 g/mol. The van der Waals surface area contributed by atoms with Gasteiger partial charge in [0.2, 0.25) is 17.8 Å². The standard InChI is InChI=1S/C47H46N6O9/c1-59-29-30-61-46(58)52-35-19-10-9-18-34(35)47(44(52)57)37(42(55)50-23-25-51(26-24-50)45-48-21-12-22-49-45)39-43(56)62-40(32-15-6-3-7-16-32)38(31-13-4-2-5-14-31)53(39)41(47)33-17-8-11-20-36(33)60-28-27-54/h2-22,37-41,54H,23-30H2,1H3/t37-,38-,39-,40+,41+,47-/m1/s1. The van der Waals surface area contributed by atoms with Crippen LogP contribution in [0.4, 0.5) is 16.4 Å². The van der Waals surface area contributed by atoms with Gasteiger partial charge in [-0.2, -0.15) is 0 Å². The van der Waals surface area contributed by atoms with Crippen molar-refractivity contribution in [3.05, 3.63) is 150 Å². The molecule has 318 valence electrons. The number of rotatable bonds is 11. The fourth-order valence-electron chi connectivity index (χ4n) is 9.84. The predicted molar refractivity (Wildman–Crippen MR) is 225 cm³/mol. The van der Waals surface area contributed by atoms with Crippen molar-refractivity contribution in [2.24, 2.45) is 5.92 Å². The Hall–Kier alpha value is -6.68. The molecule has 15 heteroatoms. The van der Waals surface area contributed by atoms with Gasteiger partial charge in [-0.05, 0) is 34.9 Å². The van der Waals surface area contributed by atoms with Crippen LogP contribution >= 0.6 is 0 Å². The van der Waals surface area contributed by atoms with Crippen molar-refractivity contribution in [1.29, 1.82) is 0 Å². The summed E-state index contributed by atoms with van der Waals surface area (Å²) in [5, 5.41) is 9.99. The van der Waals surface area contributed by atoms with Crippen molar-refractivity contribution in [2.45, 2.75) is 29.6 Å². The third-order valence-corrected chi connectivity index (χ3v) is 12.3. The van der Waals surface area contributed by atoms with E-state index < -0.39 is 59.4 Å². The van der Waals surface area contributed by atoms with Crippen molar-refractivity contribution in [1.82, 2.24) is 19.8 Å². The summed E-state index contributed by atoms with van der Waals surface area (Å²) in [5.41, 5.74) is 0.608. The summed E-state index contributed by atoms with van der Waals surface area (Å²) in [5.74, 6) is -2.45. The Kier molecular flexibility index (Phi) is 11.4. The Morgan fingerprint density at radius 2 is 1.44 bits per heavy atom. The molecule has 0 saturated carbocycles. The maximum Gasteiger partial charge on any atom is 0.421 e. The van der Waals surface area contributed by atoms with Gasteiger partial charge in [0.15, 0.2) is 0 Å². The van der Waals surface area contributed by atoms with Crippen molar-refractivity contribution in [3.8, 4) is 5.75 Å². The van der Waals surface area contributed by atoms with E-state index in [1.54, 1.807) is 65.8 Å². The van der Waals surface area contributed by atoms with Gasteiger partial charge in [0, 0.05) is 51.2 Å². The molecule has 3 fully saturated rings. The molecule has 5 aromatic rings. The number of carbonyl (C=O) groups is 4. The van der Waals surface area contributed by atoms with Crippen LogP contribution in [0.3, 0.4) is 0 Å². The number of cyclic esters (lactones) is 1. The van der Waals surface area contributed by atoms with Gasteiger partial charge < -0.3 is 33.9 Å². The van der Waals surface area contributed by atoms with Crippen LogP contribution in [0.1, 0.15) is 40.4 Å². The molecule has 4 aliphatic heterocycles. The Labute approximate surface area is 358 Å². The number of aliphatic hydroxyl groups excluding tert-OH is 1. The smallest absolute Gasteiger partial charge is 0.421 e. The van der Waals surface area contributed by atoms with Crippen LogP contribution in [-0.4, -0.2) is 115 Å². The number of amides is 3. The molecular formula is C47H46N6O9. The zero-order valence-corrected chi connectivity index (χ0v) is 34.1. The van der Waals surface area contributed by atoms with Gasteiger partial charge in [-0.25, -0.2) is 19.7 Å². The first-order valence-electron chi connectivity index (χ1n) is 20.7. The van der Waals surface area contributed by atoms with E-state index in [-0.39, 0.29) is 45.2 Å². The highest BCUT2D eigenvalue weighted by molar-refractivity contribution is 6.23. The quantitative estimate of drug-likeness (QED) is 0.145. The molecule has 0 bridgehead atoms. The van der Waals surface area contributed by atoms with E-state index in [1.165, 1.54) is 7.11 Å². The second kappa shape index (κ2) is 17.4. The SMILES string of the molecule is COCCOC(=O)N1C(=O)[C@@]2(c3ccccc31)[C@H](c1ccccc1OCCO)N1[C@H](c3ccccc3)[C@H](c3ccccc3)OC(=O)[C@H]1[C@@H]2C(=O)N1CCN(c2ncccn2)CC1. The highest BCUT2D eigenvalue weighted by Crippen LogP contribution is 2.66. The van der Waals surface area contributed by atoms with Crippen LogP contribution in [0.2, 0.25) is 0 Å². The lowest BCUT2D eigenvalue weighted by molar-refractivity contribution is -0.179. The van der Waals surface area contributed by atoms with Gasteiger partial charge in [-0.3, -0.25) is 19.3 Å². The molecule has 9 rings (SSSR count). The van der Waals surface area contributed by atoms with E-state index in [0.717, 1.165) is 10.5 Å². The summed E-state index contributed by atoms with van der Waals surface area (Å²) in [6.07, 6.45) is 1.48. The fraction of sp³-hybridized carbons (Fsp3) is 0.319. The Morgan fingerprint density at radius 1 is 0.774 bits per heavy atom. The van der Waals surface area contributed by atoms with Crippen LogP contribution in [0, 0.1) is 5.92 Å². The van der Waals surface area contributed by atoms with Gasteiger partial charge in [0.1, 0.15) is 36.5 Å². The number of anilines is 2. The number of imide groups is 1. The first-order valence-corrected chi connectivity index (χ1v) is 20.7. The molecule has 0 radical (unpaired) electrons. The molecule has 3 saturated heterocycles. The fourth-order valence-corrected chi connectivity index (χ4v) is 9.84. The second-order valence-electron chi connectivity index (χ2n) is 15.5. The van der Waals surface area contributed by atoms with Crippen molar-refractivity contribution < 1.29 is 43.2 Å². The van der Waals surface area contributed by atoms with Crippen molar-refractivity contribution in [2.75, 3.05) is 69.5 Å². The maximum absolute atomic E-state index is 16.2. The Balaban J connectivity index is 1.30. The summed E-state index contributed by atoms with van der Waals surface area (Å²) in [6, 6.07) is 31.5. The minimum Gasteiger partial charge on any atom is -0.491 e. The number of para-hydroxylation sites is 2. The normalized spacial score (nSPS) is 24.4. The highest BCUT2D eigenvalue weighted by Gasteiger charge is 2.76. The minimum atomic E-state index is -1.95. The number of esters is 1. The largest absolute Gasteiger partial charge is 0.491 e. The maximum atomic E-state index is 16.2. The number of ether oxygens (including phenoxy) is 4. The molecule has 0 aliphatic carbocycles. The molecule has 4 aliphatic rings. The van der Waals surface area contributed by atoms with E-state index in [9.17, 15) is 9.90 Å². The van der Waals surface area contributed by atoms with E-state index >= 15 is 14.4 Å². The number of carbonyl (C=O) groups excluding carboxylic acids is 4. The molecule has 15 nitrogen and oxygen atoms in total. The second-order valence-corrected chi connectivity index (χ2v) is 15.5. The Bertz CT molecular complexity index is 2420. The van der Waals surface area contributed by atoms with Crippen LogP contribution in [0.15, 0.2) is 128 Å². The van der Waals surface area contributed by atoms with Crippen molar-refractivity contribution >= 4 is 35.5 Å². The summed E-state index contributed by atoms with van der Waals surface area (Å²) in [6.45, 7) is 0.831. The van der Waals surface area contributed by atoms with Gasteiger partial charge >= 0.3 is 12.1 Å². The number of hydrogen-bond acceptors (Lipinski definition) is 13. The number of piperazine rings is 1.